The van der Waals surface area contributed by atoms with Gasteiger partial charge in [0.25, 0.3) is 0 Å². The van der Waals surface area contributed by atoms with Gasteiger partial charge in [-0.05, 0) is 49.9 Å². The van der Waals surface area contributed by atoms with Crippen LogP contribution in [0.4, 0.5) is 16.3 Å². The summed E-state index contributed by atoms with van der Waals surface area (Å²) in [5.41, 5.74) is 3.13. The number of hydrogen-bond donors (Lipinski definition) is 3. The summed E-state index contributed by atoms with van der Waals surface area (Å²) >= 11 is 1.64. The number of carbonyl (C=O) groups is 2. The van der Waals surface area contributed by atoms with E-state index in [1.54, 1.807) is 23.9 Å². The number of amides is 2. The van der Waals surface area contributed by atoms with E-state index in [4.69, 9.17) is 0 Å². The molecular formula is C24H25N7O3S. The number of nitrogens with one attached hydrogen (secondary N) is 2. The number of carbonyl (C=O) groups excluding carboxylic acids is 1. The first kappa shape index (κ1) is 21.8. The van der Waals surface area contributed by atoms with E-state index < -0.39 is 6.09 Å². The fraction of sp³-hybridized carbons (Fsp3) is 0.375. The largest absolute Gasteiger partial charge is 0.465 e. The summed E-state index contributed by atoms with van der Waals surface area (Å²) in [4.78, 5) is 39.1. The molecule has 11 heteroatoms. The lowest BCUT2D eigenvalue weighted by Crippen LogP contribution is -2.56. The third kappa shape index (κ3) is 3.85. The first-order valence-electron chi connectivity index (χ1n) is 11.7. The summed E-state index contributed by atoms with van der Waals surface area (Å²) in [6, 6.07) is 5.82. The Morgan fingerprint density at radius 2 is 2.14 bits per heavy atom. The number of nitrogens with zero attached hydrogens (tertiary/aromatic N) is 5. The summed E-state index contributed by atoms with van der Waals surface area (Å²) in [6.45, 7) is 3.11. The molecule has 1 fully saturated rings. The zero-order valence-electron chi connectivity index (χ0n) is 19.2. The number of hydrogen-bond acceptors (Lipinski definition) is 7. The van der Waals surface area contributed by atoms with Crippen LogP contribution in [0.15, 0.2) is 30.7 Å². The monoisotopic (exact) mass is 491 g/mol. The van der Waals surface area contributed by atoms with E-state index in [2.05, 4.69) is 25.5 Å². The molecule has 4 aromatic rings. The summed E-state index contributed by atoms with van der Waals surface area (Å²) in [6.07, 6.45) is 4.69. The van der Waals surface area contributed by atoms with Crippen molar-refractivity contribution in [1.29, 1.82) is 0 Å². The molecule has 6 rings (SSSR count). The Morgan fingerprint density at radius 1 is 1.26 bits per heavy atom. The third-order valence-electron chi connectivity index (χ3n) is 7.08. The number of aromatic amines is 1. The molecule has 2 amide bonds. The fourth-order valence-corrected chi connectivity index (χ4v) is 6.54. The minimum Gasteiger partial charge on any atom is -0.465 e. The SMILES string of the molecule is CC1CN(C(=O)C2CCc3c(sc4ncnc(Nc5ccc6[nH]ncc6c5)c34)C2)CCN1C(=O)O. The van der Waals surface area contributed by atoms with Gasteiger partial charge in [0.1, 0.15) is 17.0 Å². The number of piperazine rings is 1. The normalized spacial score (nSPS) is 20.3. The van der Waals surface area contributed by atoms with Crippen LogP contribution in [0.5, 0.6) is 0 Å². The van der Waals surface area contributed by atoms with E-state index in [-0.39, 0.29) is 17.9 Å². The Balaban J connectivity index is 1.23. The number of carboxylic acid groups (broad SMARTS) is 1. The van der Waals surface area contributed by atoms with Gasteiger partial charge in [0.2, 0.25) is 5.91 Å². The Kier molecular flexibility index (Phi) is 5.28. The number of fused-ring (bicyclic) bond motifs is 4. The van der Waals surface area contributed by atoms with Crippen molar-refractivity contribution >= 4 is 56.0 Å². The standard InChI is InChI=1S/C24H25N7O3S/c1-13-11-30(6-7-31(13)24(33)34)23(32)14-2-4-17-19(9-14)35-22-20(17)21(25-12-26-22)28-16-3-5-18-15(8-16)10-27-29-18/h3,5,8,10,12-14H,2,4,6-7,9,11H2,1H3,(H,27,29)(H,33,34)(H,25,26,28). The lowest BCUT2D eigenvalue weighted by Gasteiger charge is -2.40. The minimum absolute atomic E-state index is 0.0907. The van der Waals surface area contributed by atoms with E-state index >= 15 is 0 Å². The molecule has 2 aliphatic rings. The lowest BCUT2D eigenvalue weighted by molar-refractivity contribution is -0.138. The van der Waals surface area contributed by atoms with Gasteiger partial charge in [-0.2, -0.15) is 5.10 Å². The third-order valence-corrected chi connectivity index (χ3v) is 8.24. The predicted octanol–water partition coefficient (Wildman–Crippen LogP) is 3.63. The molecule has 2 atom stereocenters. The summed E-state index contributed by atoms with van der Waals surface area (Å²) in [5.74, 6) is 0.814. The lowest BCUT2D eigenvalue weighted by atomic mass is 9.86. The maximum absolute atomic E-state index is 13.3. The van der Waals surface area contributed by atoms with Crippen molar-refractivity contribution in [2.24, 2.45) is 5.92 Å². The second-order valence-electron chi connectivity index (χ2n) is 9.25. The number of rotatable bonds is 3. The predicted molar refractivity (Wildman–Crippen MR) is 133 cm³/mol. The Bertz CT molecular complexity index is 1450. The van der Waals surface area contributed by atoms with Crippen LogP contribution in [-0.2, 0) is 17.6 Å². The molecule has 2 unspecified atom stereocenters. The summed E-state index contributed by atoms with van der Waals surface area (Å²) in [5, 5.41) is 21.9. The Hall–Kier alpha value is -3.73. The first-order valence-corrected chi connectivity index (χ1v) is 12.5. The van der Waals surface area contributed by atoms with Crippen molar-refractivity contribution in [3.05, 3.63) is 41.2 Å². The maximum Gasteiger partial charge on any atom is 0.407 e. The van der Waals surface area contributed by atoms with Crippen molar-refractivity contribution in [3.8, 4) is 0 Å². The molecule has 10 nitrogen and oxygen atoms in total. The molecule has 3 aromatic heterocycles. The minimum atomic E-state index is -0.924. The number of H-pyrrole nitrogens is 1. The molecule has 3 N–H and O–H groups in total. The van der Waals surface area contributed by atoms with Crippen LogP contribution >= 0.6 is 11.3 Å². The first-order chi connectivity index (χ1) is 17.0. The average Bonchev–Trinajstić information content (AvgIpc) is 3.47. The number of benzene rings is 1. The molecule has 180 valence electrons. The maximum atomic E-state index is 13.3. The highest BCUT2D eigenvalue weighted by molar-refractivity contribution is 7.19. The van der Waals surface area contributed by atoms with Crippen molar-refractivity contribution in [3.63, 3.8) is 0 Å². The van der Waals surface area contributed by atoms with Gasteiger partial charge in [-0.1, -0.05) is 0 Å². The van der Waals surface area contributed by atoms with Crippen molar-refractivity contribution < 1.29 is 14.7 Å². The van der Waals surface area contributed by atoms with Gasteiger partial charge in [0.05, 0.1) is 17.1 Å². The summed E-state index contributed by atoms with van der Waals surface area (Å²) < 4.78 is 0. The van der Waals surface area contributed by atoms with Crippen molar-refractivity contribution in [2.75, 3.05) is 25.0 Å². The van der Waals surface area contributed by atoms with Gasteiger partial charge in [-0.3, -0.25) is 9.89 Å². The zero-order valence-corrected chi connectivity index (χ0v) is 20.0. The molecule has 0 radical (unpaired) electrons. The average molecular weight is 492 g/mol. The number of thiophene rings is 1. The van der Waals surface area contributed by atoms with Gasteiger partial charge >= 0.3 is 6.09 Å². The quantitative estimate of drug-likeness (QED) is 0.399. The van der Waals surface area contributed by atoms with Gasteiger partial charge in [-0.15, -0.1) is 11.3 Å². The van der Waals surface area contributed by atoms with Crippen LogP contribution in [0.1, 0.15) is 23.8 Å². The van der Waals surface area contributed by atoms with Crippen LogP contribution in [0.25, 0.3) is 21.1 Å². The van der Waals surface area contributed by atoms with Crippen LogP contribution in [0.3, 0.4) is 0 Å². The summed E-state index contributed by atoms with van der Waals surface area (Å²) in [7, 11) is 0. The Morgan fingerprint density at radius 3 is 2.97 bits per heavy atom. The zero-order chi connectivity index (χ0) is 24.1. The molecule has 35 heavy (non-hydrogen) atoms. The van der Waals surface area contributed by atoms with E-state index in [0.29, 0.717) is 26.1 Å². The van der Waals surface area contributed by atoms with Crippen LogP contribution in [0.2, 0.25) is 0 Å². The molecule has 0 bridgehead atoms. The molecule has 1 aromatic carbocycles. The number of aromatic nitrogens is 4. The second-order valence-corrected chi connectivity index (χ2v) is 10.3. The second kappa shape index (κ2) is 8.49. The highest BCUT2D eigenvalue weighted by Gasteiger charge is 2.35. The number of aryl methyl sites for hydroxylation is 1. The van der Waals surface area contributed by atoms with Gasteiger partial charge in [0, 0.05) is 47.5 Å². The van der Waals surface area contributed by atoms with Crippen molar-refractivity contribution in [2.45, 2.75) is 32.2 Å². The van der Waals surface area contributed by atoms with E-state index in [0.717, 1.165) is 45.5 Å². The highest BCUT2D eigenvalue weighted by Crippen LogP contribution is 2.41. The number of anilines is 2. The molecular weight excluding hydrogens is 466 g/mol. The van der Waals surface area contributed by atoms with Gasteiger partial charge < -0.3 is 20.2 Å². The fourth-order valence-electron chi connectivity index (χ4n) is 5.27. The van der Waals surface area contributed by atoms with Gasteiger partial charge in [-0.25, -0.2) is 14.8 Å². The van der Waals surface area contributed by atoms with Crippen molar-refractivity contribution in [1.82, 2.24) is 30.0 Å². The Labute approximate surface area is 205 Å². The topological polar surface area (TPSA) is 127 Å². The van der Waals surface area contributed by atoms with E-state index in [1.165, 1.54) is 15.3 Å². The molecule has 1 aliphatic heterocycles. The molecule has 1 aliphatic carbocycles. The molecule has 0 spiro atoms. The van der Waals surface area contributed by atoms with Crippen LogP contribution < -0.4 is 5.32 Å². The van der Waals surface area contributed by atoms with Crippen LogP contribution in [0, 0.1) is 5.92 Å². The van der Waals surface area contributed by atoms with Crippen LogP contribution in [-0.4, -0.2) is 72.7 Å². The smallest absolute Gasteiger partial charge is 0.407 e. The van der Waals surface area contributed by atoms with E-state index in [9.17, 15) is 14.7 Å². The molecule has 0 saturated carbocycles. The highest BCUT2D eigenvalue weighted by atomic mass is 32.1. The van der Waals surface area contributed by atoms with Gasteiger partial charge in [0.15, 0.2) is 0 Å². The molecule has 4 heterocycles. The van der Waals surface area contributed by atoms with E-state index in [1.807, 2.05) is 30.0 Å². The molecule has 1 saturated heterocycles.